The van der Waals surface area contributed by atoms with Crippen molar-refractivity contribution in [1.82, 2.24) is 0 Å². The summed E-state index contributed by atoms with van der Waals surface area (Å²) < 4.78 is 0. The van der Waals surface area contributed by atoms with E-state index in [1.807, 2.05) is 13.0 Å². The van der Waals surface area contributed by atoms with Crippen molar-refractivity contribution in [3.8, 4) is 0 Å². The summed E-state index contributed by atoms with van der Waals surface area (Å²) in [5.41, 5.74) is 9.10. The summed E-state index contributed by atoms with van der Waals surface area (Å²) in [6, 6.07) is 27.6. The molecule has 0 N–H and O–H groups in total. The van der Waals surface area contributed by atoms with Gasteiger partial charge in [0.1, 0.15) is 0 Å². The lowest BCUT2D eigenvalue weighted by molar-refractivity contribution is 1.14. The highest BCUT2D eigenvalue weighted by Crippen LogP contribution is 2.23. The summed E-state index contributed by atoms with van der Waals surface area (Å²) in [5.74, 6) is 0. The normalized spacial score (nSPS) is 10.7. The summed E-state index contributed by atoms with van der Waals surface area (Å²) >= 11 is 5.33. The van der Waals surface area contributed by atoms with Gasteiger partial charge in [0.05, 0.1) is 0 Å². The molecule has 0 spiro atoms. The van der Waals surface area contributed by atoms with Crippen LogP contribution in [0.15, 0.2) is 96.6 Å². The molecular weight excluding hydrogens is 392 g/mol. The number of rotatable bonds is 6. The van der Waals surface area contributed by atoms with Crippen LogP contribution in [0.3, 0.4) is 0 Å². The lowest BCUT2D eigenvalue weighted by atomic mass is 9.93. The minimum atomic E-state index is 0.927. The van der Waals surface area contributed by atoms with Crippen molar-refractivity contribution in [1.29, 1.82) is 0 Å². The predicted molar refractivity (Wildman–Crippen MR) is 142 cm³/mol. The highest BCUT2D eigenvalue weighted by atomic mass is 32.1. The third kappa shape index (κ3) is 8.47. The van der Waals surface area contributed by atoms with Gasteiger partial charge < -0.3 is 0 Å². The SMILES string of the molecule is CC(=S)c1cccc(/C(=C/C=C(C)C)Cc2ccccc2C)c1.CCc1ccccc1. The monoisotopic (exact) mass is 426 g/mol. The summed E-state index contributed by atoms with van der Waals surface area (Å²) in [6.07, 6.45) is 6.49. The van der Waals surface area contributed by atoms with Crippen LogP contribution in [0.1, 0.15) is 55.5 Å². The Labute approximate surface area is 194 Å². The molecule has 0 aliphatic rings. The second-order valence-electron chi connectivity index (χ2n) is 8.02. The zero-order chi connectivity index (χ0) is 22.6. The van der Waals surface area contributed by atoms with Gasteiger partial charge in [-0.05, 0) is 80.0 Å². The summed E-state index contributed by atoms with van der Waals surface area (Å²) in [5, 5.41) is 0. The Morgan fingerprint density at radius 2 is 1.42 bits per heavy atom. The van der Waals surface area contributed by atoms with Gasteiger partial charge >= 0.3 is 0 Å². The van der Waals surface area contributed by atoms with Gasteiger partial charge in [-0.3, -0.25) is 0 Å². The Kier molecular flexibility index (Phi) is 10.1. The minimum Gasteiger partial charge on any atom is -0.0846 e. The standard InChI is InChI=1S/C22H24S.C8H10/c1-16(2)12-13-22(14-19-9-6-5-8-17(19)3)21-11-7-10-20(15-21)18(4)23;1-2-8-6-4-3-5-7-8/h5-13,15H,14H2,1-4H3;3-7H,2H2,1H3/b22-13+;. The molecule has 1 heteroatoms. The molecule has 0 aliphatic heterocycles. The number of aryl methyl sites for hydroxylation is 2. The maximum Gasteiger partial charge on any atom is 0.0193 e. The zero-order valence-electron chi connectivity index (χ0n) is 19.5. The summed E-state index contributed by atoms with van der Waals surface area (Å²) in [4.78, 5) is 0.935. The summed E-state index contributed by atoms with van der Waals surface area (Å²) in [6.45, 7) is 10.6. The van der Waals surface area contributed by atoms with Crippen LogP contribution in [0.25, 0.3) is 5.57 Å². The second kappa shape index (κ2) is 12.8. The highest BCUT2D eigenvalue weighted by molar-refractivity contribution is 7.80. The molecule has 3 aromatic carbocycles. The van der Waals surface area contributed by atoms with E-state index < -0.39 is 0 Å². The zero-order valence-corrected chi connectivity index (χ0v) is 20.3. The van der Waals surface area contributed by atoms with Crippen LogP contribution in [0, 0.1) is 6.92 Å². The lowest BCUT2D eigenvalue weighted by Crippen LogP contribution is -1.96. The van der Waals surface area contributed by atoms with E-state index in [0.717, 1.165) is 23.3 Å². The first-order valence-electron chi connectivity index (χ1n) is 10.9. The molecular formula is C30H34S. The largest absolute Gasteiger partial charge is 0.0846 e. The minimum absolute atomic E-state index is 0.927. The van der Waals surface area contributed by atoms with Gasteiger partial charge in [0.25, 0.3) is 0 Å². The van der Waals surface area contributed by atoms with Crippen molar-refractivity contribution in [2.75, 3.05) is 0 Å². The molecule has 0 aromatic heterocycles. The van der Waals surface area contributed by atoms with Gasteiger partial charge in [-0.25, -0.2) is 0 Å². The van der Waals surface area contributed by atoms with E-state index in [2.05, 4.69) is 113 Å². The molecule has 0 nitrogen and oxygen atoms in total. The lowest BCUT2D eigenvalue weighted by Gasteiger charge is -2.11. The van der Waals surface area contributed by atoms with Crippen molar-refractivity contribution in [2.24, 2.45) is 0 Å². The molecule has 0 atom stereocenters. The fourth-order valence-corrected chi connectivity index (χ4v) is 3.32. The van der Waals surface area contributed by atoms with Crippen LogP contribution in [0.4, 0.5) is 0 Å². The molecule has 0 aliphatic carbocycles. The van der Waals surface area contributed by atoms with Gasteiger partial charge in [0.2, 0.25) is 0 Å². The number of hydrogen-bond acceptors (Lipinski definition) is 1. The van der Waals surface area contributed by atoms with E-state index >= 15 is 0 Å². The molecule has 0 bridgehead atoms. The molecule has 0 heterocycles. The van der Waals surface area contributed by atoms with Gasteiger partial charge in [-0.15, -0.1) is 0 Å². The number of hydrogen-bond donors (Lipinski definition) is 0. The third-order valence-corrected chi connectivity index (χ3v) is 5.39. The van der Waals surface area contributed by atoms with Crippen molar-refractivity contribution in [3.63, 3.8) is 0 Å². The van der Waals surface area contributed by atoms with E-state index in [1.54, 1.807) is 0 Å². The van der Waals surface area contributed by atoms with Crippen molar-refractivity contribution < 1.29 is 0 Å². The Hall–Kier alpha value is -2.77. The Morgan fingerprint density at radius 3 is 2.00 bits per heavy atom. The molecule has 0 unspecified atom stereocenters. The quantitative estimate of drug-likeness (QED) is 0.216. The predicted octanol–water partition coefficient (Wildman–Crippen LogP) is 8.57. The van der Waals surface area contributed by atoms with E-state index in [1.165, 1.54) is 33.4 Å². The Balaban J connectivity index is 0.000000357. The van der Waals surface area contributed by atoms with Crippen LogP contribution in [0.2, 0.25) is 0 Å². The van der Waals surface area contributed by atoms with E-state index in [4.69, 9.17) is 12.2 Å². The van der Waals surface area contributed by atoms with E-state index in [0.29, 0.717) is 0 Å². The molecule has 31 heavy (non-hydrogen) atoms. The number of allylic oxidation sites excluding steroid dienone is 4. The van der Waals surface area contributed by atoms with Gasteiger partial charge in [-0.1, -0.05) is 110 Å². The van der Waals surface area contributed by atoms with Crippen LogP contribution >= 0.6 is 12.2 Å². The summed E-state index contributed by atoms with van der Waals surface area (Å²) in [7, 11) is 0. The first-order valence-corrected chi connectivity index (χ1v) is 11.4. The third-order valence-electron chi connectivity index (χ3n) is 5.15. The smallest absolute Gasteiger partial charge is 0.0193 e. The van der Waals surface area contributed by atoms with E-state index in [-0.39, 0.29) is 0 Å². The molecule has 160 valence electrons. The van der Waals surface area contributed by atoms with Crippen molar-refractivity contribution in [3.05, 3.63) is 124 Å². The fourth-order valence-electron chi connectivity index (χ4n) is 3.19. The first kappa shape index (κ1) is 24.5. The second-order valence-corrected chi connectivity index (χ2v) is 8.63. The molecule has 0 amide bonds. The van der Waals surface area contributed by atoms with Crippen molar-refractivity contribution >= 4 is 22.7 Å². The van der Waals surface area contributed by atoms with Crippen LogP contribution in [-0.4, -0.2) is 4.86 Å². The molecule has 3 rings (SSSR count). The van der Waals surface area contributed by atoms with Crippen LogP contribution in [-0.2, 0) is 12.8 Å². The van der Waals surface area contributed by atoms with E-state index in [9.17, 15) is 0 Å². The Morgan fingerprint density at radius 1 is 0.774 bits per heavy atom. The van der Waals surface area contributed by atoms with Gasteiger partial charge in [0, 0.05) is 4.86 Å². The average Bonchev–Trinajstić information content (AvgIpc) is 2.78. The molecule has 0 radical (unpaired) electrons. The molecule has 0 fully saturated rings. The number of benzene rings is 3. The van der Waals surface area contributed by atoms with Gasteiger partial charge in [-0.2, -0.15) is 0 Å². The maximum absolute atomic E-state index is 5.33. The molecule has 0 saturated heterocycles. The topological polar surface area (TPSA) is 0 Å². The van der Waals surface area contributed by atoms with Crippen LogP contribution < -0.4 is 0 Å². The fraction of sp³-hybridized carbons (Fsp3) is 0.233. The molecule has 3 aromatic rings. The van der Waals surface area contributed by atoms with Crippen molar-refractivity contribution in [2.45, 2.75) is 47.5 Å². The first-order chi connectivity index (χ1) is 14.9. The molecule has 0 saturated carbocycles. The number of thiocarbonyl (C=S) groups is 1. The van der Waals surface area contributed by atoms with Crippen LogP contribution in [0.5, 0.6) is 0 Å². The maximum atomic E-state index is 5.33. The van der Waals surface area contributed by atoms with Gasteiger partial charge in [0.15, 0.2) is 0 Å². The Bertz CT molecular complexity index is 1030. The highest BCUT2D eigenvalue weighted by Gasteiger charge is 2.06. The average molecular weight is 427 g/mol.